The third-order valence-corrected chi connectivity index (χ3v) is 21.3. The molecule has 5 fully saturated rings. The average Bonchev–Trinajstić information content (AvgIpc) is 4.28. The molecule has 0 aliphatic carbocycles. The summed E-state index contributed by atoms with van der Waals surface area (Å²) in [6.07, 6.45) is 12.5. The first-order chi connectivity index (χ1) is 36.0. The second kappa shape index (κ2) is 40.8. The van der Waals surface area contributed by atoms with Gasteiger partial charge < -0.3 is 35.2 Å². The van der Waals surface area contributed by atoms with Gasteiger partial charge in [0.1, 0.15) is 16.1 Å². The van der Waals surface area contributed by atoms with E-state index in [0.29, 0.717) is 0 Å². The number of hydrogen-bond acceptors (Lipinski definition) is 6. The van der Waals surface area contributed by atoms with Gasteiger partial charge in [0.2, 0.25) is 6.69 Å². The van der Waals surface area contributed by atoms with E-state index in [0.717, 1.165) is 73.7 Å². The second-order valence-electron chi connectivity index (χ2n) is 21.5. The predicted octanol–water partition coefficient (Wildman–Crippen LogP) is 12.5. The van der Waals surface area contributed by atoms with E-state index in [2.05, 4.69) is 209 Å². The molecular weight excluding hydrogens is 1170 g/mol. The molecule has 5 saturated heterocycles. The fourth-order valence-electron chi connectivity index (χ4n) is 7.40. The Labute approximate surface area is 510 Å². The van der Waals surface area contributed by atoms with Crippen molar-refractivity contribution in [3.05, 3.63) is 155 Å². The number of rotatable bonds is 6. The van der Waals surface area contributed by atoms with Crippen molar-refractivity contribution < 1.29 is 47.1 Å². The van der Waals surface area contributed by atoms with E-state index in [1.54, 1.807) is 0 Å². The van der Waals surface area contributed by atoms with Gasteiger partial charge in [0.15, 0.2) is 0 Å². The molecule has 5 aromatic carbocycles. The molecule has 0 spiro atoms. The van der Waals surface area contributed by atoms with Crippen LogP contribution in [0.4, 0.5) is 0 Å². The smallest absolute Gasteiger partial charge is 0.399 e. The molecule has 0 N–H and O–H groups in total. The molecule has 0 bridgehead atoms. The largest absolute Gasteiger partial charge is 1.00 e. The Morgan fingerprint density at radius 1 is 0.442 bits per heavy atom. The van der Waals surface area contributed by atoms with Crippen molar-refractivity contribution in [2.24, 2.45) is 0 Å². The maximum absolute atomic E-state index is 6.15. The van der Waals surface area contributed by atoms with Crippen molar-refractivity contribution in [2.75, 3.05) is 52.9 Å². The van der Waals surface area contributed by atoms with E-state index in [9.17, 15) is 0 Å². The third-order valence-electron chi connectivity index (χ3n) is 13.1. The molecule has 15 heteroatoms. The fraction of sp³-hybridized carbons (Fsp3) is 0.500. The summed E-state index contributed by atoms with van der Waals surface area (Å²) in [5.74, 6) is 0. The Balaban J connectivity index is 0.000000479. The number of halogens is 4. The summed E-state index contributed by atoms with van der Waals surface area (Å²) in [5.41, 5.74) is 0.498. The van der Waals surface area contributed by atoms with Crippen LogP contribution in [-0.4, -0.2) is 94.0 Å². The van der Waals surface area contributed by atoms with Gasteiger partial charge in [-0.2, -0.15) is 6.42 Å². The zero-order chi connectivity index (χ0) is 56.4. The molecule has 5 aliphatic rings. The van der Waals surface area contributed by atoms with Gasteiger partial charge in [-0.1, -0.05) is 207 Å². The molecule has 422 valence electrons. The minimum atomic E-state index is -1.67. The van der Waals surface area contributed by atoms with Crippen LogP contribution < -0.4 is 45.1 Å². The van der Waals surface area contributed by atoms with Gasteiger partial charge in [-0.15, -0.1) is 22.2 Å². The maximum Gasteiger partial charge on any atom is 1.00 e. The maximum atomic E-state index is 6.15. The normalized spacial score (nSPS) is 16.6. The van der Waals surface area contributed by atoms with E-state index in [-0.39, 0.29) is 37.2 Å². The molecule has 5 heterocycles. The van der Waals surface area contributed by atoms with Crippen LogP contribution in [0.5, 0.6) is 0 Å². The Morgan fingerprint density at radius 2 is 0.675 bits per heavy atom. The van der Waals surface area contributed by atoms with E-state index in [4.69, 9.17) is 50.4 Å². The zero-order valence-corrected chi connectivity index (χ0v) is 56.9. The summed E-state index contributed by atoms with van der Waals surface area (Å²) in [5, 5.41) is 5.83. The molecule has 10 rings (SSSR count). The summed E-state index contributed by atoms with van der Waals surface area (Å²) >= 11 is 17.7. The van der Waals surface area contributed by atoms with Crippen LogP contribution in [0.15, 0.2) is 148 Å². The Morgan fingerprint density at radius 3 is 0.896 bits per heavy atom. The first-order valence-corrected chi connectivity index (χ1v) is 40.2. The minimum absolute atomic E-state index is 0. The zero-order valence-electron chi connectivity index (χ0n) is 49.3. The van der Waals surface area contributed by atoms with Crippen LogP contribution in [0, 0.1) is 6.92 Å². The van der Waals surface area contributed by atoms with E-state index in [1.165, 1.54) is 78.5 Å². The summed E-state index contributed by atoms with van der Waals surface area (Å²) in [7, 11) is -3.44. The van der Waals surface area contributed by atoms with Gasteiger partial charge in [-0.05, 0) is 122 Å². The molecule has 0 aromatic heterocycles. The number of unbranched alkanes of at least 4 members (excludes halogenated alkanes) is 1. The Hall–Kier alpha value is -1.29. The summed E-state index contributed by atoms with van der Waals surface area (Å²) in [6.45, 7) is 33.7. The quantitative estimate of drug-likeness (QED) is 0.0959. The van der Waals surface area contributed by atoms with Crippen LogP contribution in [0.3, 0.4) is 0 Å². The van der Waals surface area contributed by atoms with E-state index in [1.807, 2.05) is 43.4 Å². The molecule has 5 aromatic rings. The molecule has 0 saturated carbocycles. The van der Waals surface area contributed by atoms with Crippen molar-refractivity contribution in [3.8, 4) is 0 Å². The summed E-state index contributed by atoms with van der Waals surface area (Å²) in [4.78, 5) is 0. The average molecular weight is 1270 g/mol. The van der Waals surface area contributed by atoms with Crippen LogP contribution in [0.2, 0.25) is 39.3 Å². The van der Waals surface area contributed by atoms with Crippen LogP contribution in [0.25, 0.3) is 0 Å². The standard InChI is InChI=1S/C20H27BO2Si.C14H15BrSi.C6H5Br.4C4H8O.C4H9.C2H6Cl2Si.Li/c1-19(2)20(3,4)23-21(22-19)16-12-14-18(15-13-16)24(5,6)17-10-8-7-9-11-17;1-16(2,13-6-4-3-5-7-13)14-10-8-12(15)9-11-14;7-6-4-2-1-3-5-6;4*1-2-4-5-3-1;1-3-4-2;1-5(2,3)4;/h7-15H,1-6H3;3-11H,1-2H3;1-5H;4*1-4H2;1,3-4H2,2H3;1-2H3;/q;;;;;;;-1;;+1. The number of hydrogen-bond donors (Lipinski definition) is 0. The summed E-state index contributed by atoms with van der Waals surface area (Å²) in [6, 6.07) is 49.2. The first-order valence-electron chi connectivity index (χ1n) is 27.6. The van der Waals surface area contributed by atoms with Gasteiger partial charge in [0, 0.05) is 61.8 Å². The van der Waals surface area contributed by atoms with Crippen molar-refractivity contribution in [2.45, 2.75) is 149 Å². The van der Waals surface area contributed by atoms with Gasteiger partial charge in [0.25, 0.3) is 0 Å². The van der Waals surface area contributed by atoms with Crippen LogP contribution in [-0.2, 0) is 28.3 Å². The van der Waals surface area contributed by atoms with Crippen molar-refractivity contribution in [1.82, 2.24) is 0 Å². The SMILES string of the molecule is Brc1ccccc1.C1CCOC1.C1CCOC1.C1CCOC1.C1CCOC1.CC1(C)OB(c2ccc([Si](C)(C)c3ccccc3)cc2)OC1(C)C.C[Si](C)(Cl)Cl.C[Si](C)(c1ccccc1)c1ccc(Br)cc1.[CH2-]CCC.[Li+]. The van der Waals surface area contributed by atoms with Gasteiger partial charge in [0.05, 0.1) is 11.2 Å². The minimum Gasteiger partial charge on any atom is -0.399 e. The van der Waals surface area contributed by atoms with Crippen LogP contribution in [0.1, 0.15) is 98.8 Å². The Bertz CT molecular complexity index is 2090. The molecule has 5 aliphatic heterocycles. The first kappa shape index (κ1) is 73.7. The van der Waals surface area contributed by atoms with Crippen LogP contribution >= 0.6 is 54.0 Å². The number of ether oxygens (including phenoxy) is 4. The van der Waals surface area contributed by atoms with Crippen molar-refractivity contribution in [3.63, 3.8) is 0 Å². The molecule has 0 amide bonds. The second-order valence-corrected chi connectivity index (χ2v) is 41.0. The van der Waals surface area contributed by atoms with E-state index < -0.39 is 22.8 Å². The van der Waals surface area contributed by atoms with Crippen molar-refractivity contribution >= 4 is 110 Å². The monoisotopic (exact) mass is 1260 g/mol. The van der Waals surface area contributed by atoms with Gasteiger partial charge in [-0.3, -0.25) is 0 Å². The number of benzene rings is 5. The third kappa shape index (κ3) is 32.2. The molecule has 0 unspecified atom stereocenters. The predicted molar refractivity (Wildman–Crippen MR) is 346 cm³/mol. The fourth-order valence-corrected chi connectivity index (χ4v) is 12.7. The molecule has 0 atom stereocenters. The topological polar surface area (TPSA) is 55.4 Å². The summed E-state index contributed by atoms with van der Waals surface area (Å²) < 4.78 is 34.4. The molecule has 77 heavy (non-hydrogen) atoms. The molecular formula is C62H94BBr2Cl2LiO6Si3. The molecule has 6 nitrogen and oxygen atoms in total. The van der Waals surface area contributed by atoms with Gasteiger partial charge >= 0.3 is 26.0 Å². The molecule has 0 radical (unpaired) electrons. The van der Waals surface area contributed by atoms with Crippen molar-refractivity contribution in [1.29, 1.82) is 0 Å². The van der Waals surface area contributed by atoms with E-state index >= 15 is 0 Å². The van der Waals surface area contributed by atoms with Gasteiger partial charge in [-0.25, -0.2) is 0 Å². The Kier molecular flexibility index (Phi) is 39.1.